The first-order valence-corrected chi connectivity index (χ1v) is 9.77. The van der Waals surface area contributed by atoms with Gasteiger partial charge in [0, 0.05) is 23.9 Å². The van der Waals surface area contributed by atoms with E-state index in [1.54, 1.807) is 31.2 Å². The van der Waals surface area contributed by atoms with E-state index in [-0.39, 0.29) is 5.91 Å². The Morgan fingerprint density at radius 3 is 2.48 bits per heavy atom. The second kappa shape index (κ2) is 11.9. The number of hydrogen-bond donors (Lipinski definition) is 3. The number of hydrogen-bond acceptors (Lipinski definition) is 5. The fourth-order valence-electron chi connectivity index (χ4n) is 2.52. The summed E-state index contributed by atoms with van der Waals surface area (Å²) in [7, 11) is 0. The summed E-state index contributed by atoms with van der Waals surface area (Å²) in [4.78, 5) is 47.9. The molecule has 0 unspecified atom stereocenters. The zero-order chi connectivity index (χ0) is 22.6. The van der Waals surface area contributed by atoms with Gasteiger partial charge in [-0.05, 0) is 43.7 Å². The van der Waals surface area contributed by atoms with Crippen LogP contribution in [0.25, 0.3) is 6.08 Å². The van der Waals surface area contributed by atoms with E-state index in [1.807, 2.05) is 30.3 Å². The third-order valence-corrected chi connectivity index (χ3v) is 4.03. The molecule has 0 fully saturated rings. The fraction of sp³-hybridized carbons (Fsp3) is 0.217. The van der Waals surface area contributed by atoms with Gasteiger partial charge in [0.15, 0.2) is 6.61 Å². The average Bonchev–Trinajstić information content (AvgIpc) is 2.77. The molecule has 8 heteroatoms. The normalized spacial score (nSPS) is 11.4. The Labute approximate surface area is 180 Å². The van der Waals surface area contributed by atoms with Crippen molar-refractivity contribution in [1.29, 1.82) is 0 Å². The van der Waals surface area contributed by atoms with Crippen LogP contribution in [-0.2, 0) is 19.1 Å². The quantitative estimate of drug-likeness (QED) is 0.422. The SMILES string of the molecule is CCNC(=O)c1cccc(NC(=O)COC(=O)[C@H](C)NC(=O)/C=C/c2ccccc2)c1. The molecule has 0 saturated heterocycles. The van der Waals surface area contributed by atoms with E-state index in [0.717, 1.165) is 5.56 Å². The molecule has 0 bridgehead atoms. The highest BCUT2D eigenvalue weighted by Crippen LogP contribution is 2.10. The molecule has 0 saturated carbocycles. The summed E-state index contributed by atoms with van der Waals surface area (Å²) in [5.41, 5.74) is 1.65. The lowest BCUT2D eigenvalue weighted by molar-refractivity contribution is -0.149. The molecule has 0 spiro atoms. The lowest BCUT2D eigenvalue weighted by Gasteiger charge is -2.12. The van der Waals surface area contributed by atoms with Crippen molar-refractivity contribution in [2.75, 3.05) is 18.5 Å². The molecule has 2 rings (SSSR count). The van der Waals surface area contributed by atoms with Gasteiger partial charge >= 0.3 is 5.97 Å². The van der Waals surface area contributed by atoms with Crippen molar-refractivity contribution >= 4 is 35.5 Å². The first kappa shape index (κ1) is 23.3. The lowest BCUT2D eigenvalue weighted by atomic mass is 10.2. The number of carbonyl (C=O) groups is 4. The Bertz CT molecular complexity index is 957. The minimum Gasteiger partial charge on any atom is -0.454 e. The van der Waals surface area contributed by atoms with Gasteiger partial charge in [-0.15, -0.1) is 0 Å². The second-order valence-electron chi connectivity index (χ2n) is 6.57. The predicted molar refractivity (Wildman–Crippen MR) is 117 cm³/mol. The summed E-state index contributed by atoms with van der Waals surface area (Å²) in [6.45, 7) is 3.23. The summed E-state index contributed by atoms with van der Waals surface area (Å²) in [5.74, 6) is -2.02. The summed E-state index contributed by atoms with van der Waals surface area (Å²) in [5, 5.41) is 7.71. The number of amides is 3. The van der Waals surface area contributed by atoms with Crippen molar-refractivity contribution in [2.45, 2.75) is 19.9 Å². The van der Waals surface area contributed by atoms with Gasteiger partial charge in [0.05, 0.1) is 0 Å². The number of esters is 1. The molecule has 162 valence electrons. The summed E-state index contributed by atoms with van der Waals surface area (Å²) in [6, 6.07) is 14.7. The fourth-order valence-corrected chi connectivity index (χ4v) is 2.52. The second-order valence-corrected chi connectivity index (χ2v) is 6.57. The maximum atomic E-state index is 12.0. The van der Waals surface area contributed by atoms with Crippen LogP contribution in [-0.4, -0.2) is 42.9 Å². The number of ether oxygens (including phenoxy) is 1. The monoisotopic (exact) mass is 423 g/mol. The minimum absolute atomic E-state index is 0.254. The van der Waals surface area contributed by atoms with Crippen LogP contribution in [0.4, 0.5) is 5.69 Å². The molecule has 3 N–H and O–H groups in total. The molecule has 8 nitrogen and oxygen atoms in total. The van der Waals surface area contributed by atoms with Crippen LogP contribution >= 0.6 is 0 Å². The minimum atomic E-state index is -0.929. The first-order valence-electron chi connectivity index (χ1n) is 9.77. The van der Waals surface area contributed by atoms with Crippen molar-refractivity contribution in [3.63, 3.8) is 0 Å². The molecule has 0 aliphatic rings. The number of anilines is 1. The van der Waals surface area contributed by atoms with Crippen LogP contribution in [0.5, 0.6) is 0 Å². The largest absolute Gasteiger partial charge is 0.454 e. The maximum absolute atomic E-state index is 12.0. The predicted octanol–water partition coefficient (Wildman–Crippen LogP) is 2.14. The third kappa shape index (κ3) is 8.14. The Kier molecular flexibility index (Phi) is 8.97. The molecule has 0 heterocycles. The van der Waals surface area contributed by atoms with Crippen molar-refractivity contribution in [3.8, 4) is 0 Å². The molecular formula is C23H25N3O5. The van der Waals surface area contributed by atoms with E-state index in [1.165, 1.54) is 19.1 Å². The molecular weight excluding hydrogens is 398 g/mol. The Hall–Kier alpha value is -3.94. The number of benzene rings is 2. The lowest BCUT2D eigenvalue weighted by Crippen LogP contribution is -2.39. The van der Waals surface area contributed by atoms with E-state index in [0.29, 0.717) is 17.8 Å². The average molecular weight is 423 g/mol. The molecule has 1 atom stereocenters. The Balaban J connectivity index is 1.79. The van der Waals surface area contributed by atoms with Gasteiger partial charge < -0.3 is 20.7 Å². The third-order valence-electron chi connectivity index (χ3n) is 4.03. The molecule has 2 aromatic rings. The zero-order valence-corrected chi connectivity index (χ0v) is 17.4. The van der Waals surface area contributed by atoms with Crippen LogP contribution in [0.15, 0.2) is 60.7 Å². The van der Waals surface area contributed by atoms with Gasteiger partial charge in [0.2, 0.25) is 5.91 Å². The van der Waals surface area contributed by atoms with Gasteiger partial charge in [0.25, 0.3) is 11.8 Å². The number of nitrogens with one attached hydrogen (secondary N) is 3. The highest BCUT2D eigenvalue weighted by Gasteiger charge is 2.17. The zero-order valence-electron chi connectivity index (χ0n) is 17.4. The molecule has 0 aromatic heterocycles. The molecule has 0 aliphatic heterocycles. The van der Waals surface area contributed by atoms with Crippen LogP contribution < -0.4 is 16.0 Å². The molecule has 0 aliphatic carbocycles. The van der Waals surface area contributed by atoms with Crippen molar-refractivity contribution in [2.24, 2.45) is 0 Å². The van der Waals surface area contributed by atoms with Crippen LogP contribution in [0, 0.1) is 0 Å². The first-order chi connectivity index (χ1) is 14.9. The van der Waals surface area contributed by atoms with Crippen LogP contribution in [0.2, 0.25) is 0 Å². The van der Waals surface area contributed by atoms with Gasteiger partial charge in [-0.1, -0.05) is 36.4 Å². The van der Waals surface area contributed by atoms with Crippen LogP contribution in [0.3, 0.4) is 0 Å². The van der Waals surface area contributed by atoms with Crippen LogP contribution in [0.1, 0.15) is 29.8 Å². The standard InChI is InChI=1S/C23H25N3O5/c1-3-24-22(29)18-10-7-11-19(14-18)26-21(28)15-31-23(30)16(2)25-20(27)13-12-17-8-5-4-6-9-17/h4-14,16H,3,15H2,1-2H3,(H,24,29)(H,25,27)(H,26,28)/b13-12+/t16-/m0/s1. The molecule has 2 aromatic carbocycles. The number of carbonyl (C=O) groups excluding carboxylic acids is 4. The van der Waals surface area contributed by atoms with Gasteiger partial charge in [-0.2, -0.15) is 0 Å². The van der Waals surface area contributed by atoms with E-state index >= 15 is 0 Å². The van der Waals surface area contributed by atoms with E-state index in [4.69, 9.17) is 4.74 Å². The topological polar surface area (TPSA) is 114 Å². The van der Waals surface area contributed by atoms with Gasteiger partial charge in [-0.25, -0.2) is 4.79 Å². The van der Waals surface area contributed by atoms with E-state index < -0.39 is 30.4 Å². The van der Waals surface area contributed by atoms with Gasteiger partial charge in [0.1, 0.15) is 6.04 Å². The molecule has 3 amide bonds. The Morgan fingerprint density at radius 1 is 1.03 bits per heavy atom. The molecule has 0 radical (unpaired) electrons. The van der Waals surface area contributed by atoms with Crippen molar-refractivity contribution in [3.05, 3.63) is 71.8 Å². The van der Waals surface area contributed by atoms with Gasteiger partial charge in [-0.3, -0.25) is 14.4 Å². The van der Waals surface area contributed by atoms with E-state index in [9.17, 15) is 19.2 Å². The summed E-state index contributed by atoms with van der Waals surface area (Å²) in [6.07, 6.45) is 2.93. The molecule has 31 heavy (non-hydrogen) atoms. The smallest absolute Gasteiger partial charge is 0.328 e. The maximum Gasteiger partial charge on any atom is 0.328 e. The van der Waals surface area contributed by atoms with E-state index in [2.05, 4.69) is 16.0 Å². The van der Waals surface area contributed by atoms with Crippen molar-refractivity contribution in [1.82, 2.24) is 10.6 Å². The summed E-state index contributed by atoms with van der Waals surface area (Å²) >= 11 is 0. The Morgan fingerprint density at radius 2 is 1.77 bits per heavy atom. The highest BCUT2D eigenvalue weighted by molar-refractivity contribution is 5.98. The highest BCUT2D eigenvalue weighted by atomic mass is 16.5. The number of rotatable bonds is 9. The summed E-state index contributed by atoms with van der Waals surface area (Å²) < 4.78 is 4.95. The van der Waals surface area contributed by atoms with Crippen molar-refractivity contribution < 1.29 is 23.9 Å².